The summed E-state index contributed by atoms with van der Waals surface area (Å²) in [7, 11) is 3.18. The molecular formula is C16H19NO4. The van der Waals surface area contributed by atoms with E-state index in [1.807, 2.05) is 41.0 Å². The van der Waals surface area contributed by atoms with Gasteiger partial charge in [-0.2, -0.15) is 0 Å². The van der Waals surface area contributed by atoms with Crippen LogP contribution in [-0.2, 0) is 20.9 Å². The van der Waals surface area contributed by atoms with E-state index >= 15 is 0 Å². The van der Waals surface area contributed by atoms with Crippen LogP contribution >= 0.6 is 0 Å². The third-order valence-corrected chi connectivity index (χ3v) is 3.12. The largest absolute Gasteiger partial charge is 0.364 e. The van der Waals surface area contributed by atoms with Gasteiger partial charge in [0.1, 0.15) is 13.5 Å². The molecule has 0 fully saturated rings. The highest BCUT2D eigenvalue weighted by atomic mass is 16.7. The summed E-state index contributed by atoms with van der Waals surface area (Å²) < 4.78 is 17.1. The molecule has 2 aromatic rings. The summed E-state index contributed by atoms with van der Waals surface area (Å²) in [5.74, 6) is 0. The van der Waals surface area contributed by atoms with Gasteiger partial charge in [-0.05, 0) is 6.07 Å². The van der Waals surface area contributed by atoms with Crippen LogP contribution in [0.4, 0.5) is 0 Å². The van der Waals surface area contributed by atoms with Crippen molar-refractivity contribution in [3.63, 3.8) is 0 Å². The number of aldehydes is 1. The van der Waals surface area contributed by atoms with Gasteiger partial charge < -0.3 is 18.8 Å². The monoisotopic (exact) mass is 289 g/mol. The van der Waals surface area contributed by atoms with Crippen LogP contribution in [0.5, 0.6) is 0 Å². The van der Waals surface area contributed by atoms with Gasteiger partial charge in [0.05, 0.1) is 17.8 Å². The van der Waals surface area contributed by atoms with Gasteiger partial charge in [0.15, 0.2) is 6.29 Å². The van der Waals surface area contributed by atoms with E-state index in [9.17, 15) is 4.79 Å². The van der Waals surface area contributed by atoms with Gasteiger partial charge in [-0.3, -0.25) is 4.79 Å². The van der Waals surface area contributed by atoms with Crippen LogP contribution in [0, 0.1) is 0 Å². The SMILES string of the molecule is COCOC/C=C/c1c(C=O)n(COC)c2ccccc12. The number of aromatic nitrogens is 1. The maximum absolute atomic E-state index is 11.5. The number of hydrogen-bond acceptors (Lipinski definition) is 4. The molecule has 112 valence electrons. The lowest BCUT2D eigenvalue weighted by Gasteiger charge is -2.05. The third-order valence-electron chi connectivity index (χ3n) is 3.12. The molecule has 0 atom stereocenters. The van der Waals surface area contributed by atoms with Gasteiger partial charge in [0.25, 0.3) is 0 Å². The average molecular weight is 289 g/mol. The number of nitrogens with zero attached hydrogens (tertiary/aromatic N) is 1. The maximum Gasteiger partial charge on any atom is 0.167 e. The number of carbonyl (C=O) groups is 1. The van der Waals surface area contributed by atoms with E-state index in [-0.39, 0.29) is 6.79 Å². The van der Waals surface area contributed by atoms with Crippen molar-refractivity contribution in [2.45, 2.75) is 6.73 Å². The molecule has 5 nitrogen and oxygen atoms in total. The number of benzene rings is 1. The number of hydrogen-bond donors (Lipinski definition) is 0. The highest BCUT2D eigenvalue weighted by molar-refractivity contribution is 5.98. The Hall–Kier alpha value is -1.95. The van der Waals surface area contributed by atoms with Gasteiger partial charge >= 0.3 is 0 Å². The number of rotatable bonds is 8. The van der Waals surface area contributed by atoms with Gasteiger partial charge in [-0.25, -0.2) is 0 Å². The molecule has 0 bridgehead atoms. The van der Waals surface area contributed by atoms with Crippen LogP contribution in [0.25, 0.3) is 17.0 Å². The molecule has 0 aliphatic heterocycles. The number of para-hydroxylation sites is 1. The normalized spacial score (nSPS) is 11.5. The fourth-order valence-electron chi connectivity index (χ4n) is 2.29. The second-order valence-electron chi connectivity index (χ2n) is 4.46. The predicted molar refractivity (Wildman–Crippen MR) is 81.2 cm³/mol. The Labute approximate surface area is 123 Å². The molecular weight excluding hydrogens is 270 g/mol. The molecule has 21 heavy (non-hydrogen) atoms. The molecule has 0 aliphatic rings. The molecule has 0 spiro atoms. The van der Waals surface area contributed by atoms with Crippen LogP contribution in [0.15, 0.2) is 30.3 Å². The molecule has 0 radical (unpaired) electrons. The Kier molecular flexibility index (Phi) is 5.68. The van der Waals surface area contributed by atoms with Gasteiger partial charge in [0.2, 0.25) is 0 Å². The third kappa shape index (κ3) is 3.39. The Balaban J connectivity index is 2.39. The van der Waals surface area contributed by atoms with Crippen LogP contribution < -0.4 is 0 Å². The minimum Gasteiger partial charge on any atom is -0.364 e. The molecule has 0 N–H and O–H groups in total. The van der Waals surface area contributed by atoms with Crippen molar-refractivity contribution in [3.8, 4) is 0 Å². The molecule has 1 aromatic heterocycles. The second-order valence-corrected chi connectivity index (χ2v) is 4.46. The number of carbonyl (C=O) groups excluding carboxylic acids is 1. The first-order valence-electron chi connectivity index (χ1n) is 6.62. The Morgan fingerprint density at radius 3 is 2.71 bits per heavy atom. The van der Waals surface area contributed by atoms with E-state index in [4.69, 9.17) is 14.2 Å². The lowest BCUT2D eigenvalue weighted by Crippen LogP contribution is -2.04. The fraction of sp³-hybridized carbons (Fsp3) is 0.312. The van der Waals surface area contributed by atoms with E-state index in [0.29, 0.717) is 19.0 Å². The molecule has 0 saturated carbocycles. The molecule has 0 unspecified atom stereocenters. The summed E-state index contributed by atoms with van der Waals surface area (Å²) in [5.41, 5.74) is 2.44. The van der Waals surface area contributed by atoms with Gasteiger partial charge in [0, 0.05) is 25.2 Å². The van der Waals surface area contributed by atoms with Crippen LogP contribution in [0.2, 0.25) is 0 Å². The summed E-state index contributed by atoms with van der Waals surface area (Å²) in [4.78, 5) is 11.5. The molecule has 0 amide bonds. The van der Waals surface area contributed by atoms with Crippen molar-refractivity contribution in [2.24, 2.45) is 0 Å². The number of methoxy groups -OCH3 is 2. The Morgan fingerprint density at radius 2 is 2.00 bits per heavy atom. The van der Waals surface area contributed by atoms with Crippen molar-refractivity contribution in [3.05, 3.63) is 41.6 Å². The Bertz CT molecular complexity index is 630. The zero-order valence-corrected chi connectivity index (χ0v) is 12.2. The van der Waals surface area contributed by atoms with E-state index in [1.165, 1.54) is 0 Å². The molecule has 1 heterocycles. The second kappa shape index (κ2) is 7.73. The van der Waals surface area contributed by atoms with E-state index in [0.717, 1.165) is 22.8 Å². The zero-order valence-electron chi connectivity index (χ0n) is 12.2. The first-order chi connectivity index (χ1) is 10.3. The smallest absolute Gasteiger partial charge is 0.167 e. The average Bonchev–Trinajstić information content (AvgIpc) is 2.81. The minimum absolute atomic E-state index is 0.246. The summed E-state index contributed by atoms with van der Waals surface area (Å²) in [6.07, 6.45) is 4.62. The lowest BCUT2D eigenvalue weighted by molar-refractivity contribution is -0.0184. The molecule has 0 saturated heterocycles. The first-order valence-corrected chi connectivity index (χ1v) is 6.62. The van der Waals surface area contributed by atoms with Crippen molar-refractivity contribution in [2.75, 3.05) is 27.6 Å². The minimum atomic E-state index is 0.246. The highest BCUT2D eigenvalue weighted by Gasteiger charge is 2.13. The van der Waals surface area contributed by atoms with Crippen LogP contribution in [0.1, 0.15) is 16.1 Å². The number of ether oxygens (including phenoxy) is 3. The summed E-state index contributed by atoms with van der Waals surface area (Å²) in [6, 6.07) is 7.86. The standard InChI is InChI=1S/C16H19NO4/c1-19-11-17-15-8-4-3-6-13(15)14(16(17)10-18)7-5-9-21-12-20-2/h3-8,10H,9,11-12H2,1-2H3/b7-5+. The van der Waals surface area contributed by atoms with Crippen LogP contribution in [-0.4, -0.2) is 38.5 Å². The number of fused-ring (bicyclic) bond motifs is 1. The van der Waals surface area contributed by atoms with Crippen molar-refractivity contribution >= 4 is 23.3 Å². The zero-order chi connectivity index (χ0) is 15.1. The molecule has 5 heteroatoms. The first kappa shape index (κ1) is 15.4. The molecule has 2 rings (SSSR count). The van der Waals surface area contributed by atoms with Crippen molar-refractivity contribution in [1.29, 1.82) is 0 Å². The van der Waals surface area contributed by atoms with E-state index in [2.05, 4.69) is 0 Å². The quantitative estimate of drug-likeness (QED) is 0.426. The lowest BCUT2D eigenvalue weighted by atomic mass is 10.1. The molecule has 1 aromatic carbocycles. The van der Waals surface area contributed by atoms with Gasteiger partial charge in [-0.1, -0.05) is 30.4 Å². The van der Waals surface area contributed by atoms with E-state index < -0.39 is 0 Å². The summed E-state index contributed by atoms with van der Waals surface area (Å²) in [6.45, 7) is 1.01. The van der Waals surface area contributed by atoms with Crippen molar-refractivity contribution in [1.82, 2.24) is 4.57 Å². The molecule has 0 aliphatic carbocycles. The fourth-order valence-corrected chi connectivity index (χ4v) is 2.29. The topological polar surface area (TPSA) is 49.7 Å². The van der Waals surface area contributed by atoms with Crippen LogP contribution in [0.3, 0.4) is 0 Å². The van der Waals surface area contributed by atoms with Gasteiger partial charge in [-0.15, -0.1) is 0 Å². The highest BCUT2D eigenvalue weighted by Crippen LogP contribution is 2.26. The Morgan fingerprint density at radius 1 is 1.19 bits per heavy atom. The predicted octanol–water partition coefficient (Wildman–Crippen LogP) is 2.69. The summed E-state index contributed by atoms with van der Waals surface area (Å²) >= 11 is 0. The summed E-state index contributed by atoms with van der Waals surface area (Å²) in [5, 5.41) is 1.01. The van der Waals surface area contributed by atoms with E-state index in [1.54, 1.807) is 14.2 Å². The van der Waals surface area contributed by atoms with Crippen molar-refractivity contribution < 1.29 is 19.0 Å². The maximum atomic E-state index is 11.5.